The van der Waals surface area contributed by atoms with Crippen molar-refractivity contribution in [3.8, 4) is 0 Å². The number of rotatable bonds is 0. The van der Waals surface area contributed by atoms with Crippen molar-refractivity contribution >= 4 is 24.0 Å². The van der Waals surface area contributed by atoms with Gasteiger partial charge in [0, 0.05) is 5.22 Å². The third kappa shape index (κ3) is 1.30. The van der Waals surface area contributed by atoms with E-state index in [0.29, 0.717) is 16.6 Å². The van der Waals surface area contributed by atoms with Gasteiger partial charge in [0.15, 0.2) is 0 Å². The highest BCUT2D eigenvalue weighted by atomic mass is 35.5. The minimum Gasteiger partial charge on any atom is -0.267 e. The first-order valence-corrected chi connectivity index (χ1v) is 4.20. The molecule has 2 heterocycles. The Kier molecular flexibility index (Phi) is 2.21. The summed E-state index contributed by atoms with van der Waals surface area (Å²) in [5.74, 6) is -0.260. The number of amides is 1. The standard InChI is InChI=1S/C10H5N3O.ClH/c14-10-7-5-11-13-9(7)6-3-1-2-4-8(6)12-10;/h1-5H;1H. The maximum Gasteiger partial charge on any atom is 0.281 e. The molecule has 0 N–H and O–H groups in total. The normalized spacial score (nSPS) is 16.1. The molecule has 0 radical (unpaired) electrons. The number of hydrogen-bond acceptors (Lipinski definition) is 3. The van der Waals surface area contributed by atoms with Gasteiger partial charge in [-0.2, -0.15) is 5.11 Å². The second kappa shape index (κ2) is 3.40. The fourth-order valence-electron chi connectivity index (χ4n) is 1.56. The highest BCUT2D eigenvalue weighted by Gasteiger charge is 2.21. The summed E-state index contributed by atoms with van der Waals surface area (Å²) in [6, 6.07) is 7.42. The Balaban J connectivity index is 0.000000853. The lowest BCUT2D eigenvalue weighted by molar-refractivity contribution is -0.114. The van der Waals surface area contributed by atoms with Gasteiger partial charge in [-0.15, -0.1) is 17.5 Å². The molecule has 15 heavy (non-hydrogen) atoms. The first-order valence-electron chi connectivity index (χ1n) is 4.20. The Morgan fingerprint density at radius 1 is 1.13 bits per heavy atom. The minimum atomic E-state index is -0.260. The van der Waals surface area contributed by atoms with E-state index in [9.17, 15) is 4.79 Å². The summed E-state index contributed by atoms with van der Waals surface area (Å²) in [5.41, 5.74) is 1.13. The maximum absolute atomic E-state index is 11.5. The number of para-hydroxylation sites is 1. The average Bonchev–Trinajstić information content (AvgIpc) is 2.67. The molecule has 0 saturated heterocycles. The first-order chi connectivity index (χ1) is 6.86. The number of azo groups is 1. The Morgan fingerprint density at radius 3 is 2.80 bits per heavy atom. The van der Waals surface area contributed by atoms with Crippen LogP contribution >= 0.6 is 12.4 Å². The molecule has 2 aliphatic heterocycles. The molecule has 0 spiro atoms. The molecular formula is C10H6ClN3O. The molecule has 5 heteroatoms. The molecule has 0 bridgehead atoms. The maximum atomic E-state index is 11.5. The van der Waals surface area contributed by atoms with E-state index in [1.807, 2.05) is 18.2 Å². The lowest BCUT2D eigenvalue weighted by Crippen LogP contribution is -2.32. The number of carbonyl (C=O) groups excluding carboxylic acids is 1. The van der Waals surface area contributed by atoms with Crippen molar-refractivity contribution in [2.45, 2.75) is 0 Å². The Bertz CT molecular complexity index is 616. The van der Waals surface area contributed by atoms with Gasteiger partial charge in [0.05, 0.1) is 17.1 Å². The van der Waals surface area contributed by atoms with Crippen molar-refractivity contribution in [1.29, 1.82) is 0 Å². The minimum absolute atomic E-state index is 0. The second-order valence-electron chi connectivity index (χ2n) is 3.04. The van der Waals surface area contributed by atoms with Crippen LogP contribution in [0.2, 0.25) is 0 Å². The summed E-state index contributed by atoms with van der Waals surface area (Å²) in [7, 11) is 0. The van der Waals surface area contributed by atoms with Crippen molar-refractivity contribution < 1.29 is 4.79 Å². The van der Waals surface area contributed by atoms with Crippen LogP contribution in [0.4, 0.5) is 0 Å². The Hall–Kier alpha value is -1.81. The van der Waals surface area contributed by atoms with E-state index in [0.717, 1.165) is 5.22 Å². The summed E-state index contributed by atoms with van der Waals surface area (Å²) < 4.78 is 0. The molecule has 0 saturated carbocycles. The van der Waals surface area contributed by atoms with Crippen molar-refractivity contribution in [1.82, 2.24) is 0 Å². The predicted molar refractivity (Wildman–Crippen MR) is 55.8 cm³/mol. The summed E-state index contributed by atoms with van der Waals surface area (Å²) in [6.45, 7) is 0. The molecule has 0 aliphatic carbocycles. The van der Waals surface area contributed by atoms with Crippen molar-refractivity contribution in [3.63, 3.8) is 0 Å². The number of benzene rings is 1. The lowest BCUT2D eigenvalue weighted by atomic mass is 10.1. The Labute approximate surface area is 91.2 Å². The molecule has 3 rings (SSSR count). The zero-order chi connectivity index (χ0) is 9.54. The van der Waals surface area contributed by atoms with Crippen LogP contribution in [-0.2, 0) is 4.79 Å². The van der Waals surface area contributed by atoms with Gasteiger partial charge in [0.2, 0.25) is 0 Å². The molecule has 0 fully saturated rings. The fraction of sp³-hybridized carbons (Fsp3) is 0. The van der Waals surface area contributed by atoms with Crippen LogP contribution < -0.4 is 10.6 Å². The van der Waals surface area contributed by atoms with E-state index in [-0.39, 0.29) is 18.3 Å². The van der Waals surface area contributed by atoms with E-state index in [1.165, 1.54) is 6.20 Å². The summed E-state index contributed by atoms with van der Waals surface area (Å²) in [4.78, 5) is 15.4. The highest BCUT2D eigenvalue weighted by Crippen LogP contribution is 2.20. The fourth-order valence-corrected chi connectivity index (χ4v) is 1.56. The van der Waals surface area contributed by atoms with Crippen molar-refractivity contribution in [3.05, 3.63) is 46.6 Å². The van der Waals surface area contributed by atoms with Crippen LogP contribution in [-0.4, -0.2) is 5.91 Å². The van der Waals surface area contributed by atoms with Crippen LogP contribution in [0.1, 0.15) is 0 Å². The topological polar surface area (TPSA) is 54.1 Å². The van der Waals surface area contributed by atoms with Gasteiger partial charge in [-0.25, -0.2) is 4.99 Å². The number of nitrogens with zero attached hydrogens (tertiary/aromatic N) is 3. The van der Waals surface area contributed by atoms with Gasteiger partial charge >= 0.3 is 0 Å². The number of hydrogen-bond donors (Lipinski definition) is 0. The number of carbonyl (C=O) groups is 1. The Morgan fingerprint density at radius 2 is 1.93 bits per heavy atom. The largest absolute Gasteiger partial charge is 0.281 e. The third-order valence-corrected chi connectivity index (χ3v) is 2.21. The van der Waals surface area contributed by atoms with Crippen LogP contribution in [0.5, 0.6) is 0 Å². The van der Waals surface area contributed by atoms with E-state index >= 15 is 0 Å². The quantitative estimate of drug-likeness (QED) is 0.635. The average molecular weight is 220 g/mol. The second-order valence-corrected chi connectivity index (χ2v) is 3.04. The molecule has 2 aliphatic rings. The lowest BCUT2D eigenvalue weighted by Gasteiger charge is -2.02. The molecule has 0 atom stereocenters. The van der Waals surface area contributed by atoms with Crippen molar-refractivity contribution in [2.75, 3.05) is 0 Å². The van der Waals surface area contributed by atoms with Crippen LogP contribution in [0.15, 0.2) is 51.3 Å². The summed E-state index contributed by atoms with van der Waals surface area (Å²) in [6.07, 6.45) is 1.46. The molecule has 0 unspecified atom stereocenters. The van der Waals surface area contributed by atoms with Gasteiger partial charge in [0.25, 0.3) is 5.91 Å². The summed E-state index contributed by atoms with van der Waals surface area (Å²) >= 11 is 0. The van der Waals surface area contributed by atoms with E-state index in [4.69, 9.17) is 0 Å². The molecular weight excluding hydrogens is 214 g/mol. The van der Waals surface area contributed by atoms with Gasteiger partial charge in [-0.1, -0.05) is 18.2 Å². The molecule has 4 nitrogen and oxygen atoms in total. The van der Waals surface area contributed by atoms with Crippen molar-refractivity contribution in [2.24, 2.45) is 15.2 Å². The van der Waals surface area contributed by atoms with Gasteiger partial charge in [-0.3, -0.25) is 4.79 Å². The van der Waals surface area contributed by atoms with E-state index < -0.39 is 0 Å². The van der Waals surface area contributed by atoms with Gasteiger partial charge < -0.3 is 0 Å². The predicted octanol–water partition coefficient (Wildman–Crippen LogP) is 0.726. The third-order valence-electron chi connectivity index (χ3n) is 2.21. The zero-order valence-corrected chi connectivity index (χ0v) is 8.36. The smallest absolute Gasteiger partial charge is 0.267 e. The number of fused-ring (bicyclic) bond motifs is 2. The zero-order valence-electron chi connectivity index (χ0n) is 7.54. The van der Waals surface area contributed by atoms with Crippen LogP contribution in [0.25, 0.3) is 5.70 Å². The number of halogens is 1. The first kappa shape index (κ1) is 9.73. The molecule has 1 amide bonds. The monoisotopic (exact) mass is 219 g/mol. The summed E-state index contributed by atoms with van der Waals surface area (Å²) in [5, 5.41) is 9.19. The SMILES string of the molecule is Cl.O=C1N=c2ccccc2=C2N=NC=C12. The molecule has 74 valence electrons. The highest BCUT2D eigenvalue weighted by molar-refractivity contribution is 6.07. The molecule has 0 aromatic heterocycles. The van der Waals surface area contributed by atoms with Gasteiger partial charge in [0.1, 0.15) is 5.70 Å². The van der Waals surface area contributed by atoms with E-state index in [2.05, 4.69) is 15.2 Å². The van der Waals surface area contributed by atoms with Gasteiger partial charge in [-0.05, 0) is 6.07 Å². The van der Waals surface area contributed by atoms with E-state index in [1.54, 1.807) is 6.07 Å². The van der Waals surface area contributed by atoms with Crippen LogP contribution in [0.3, 0.4) is 0 Å². The molecule has 1 aromatic carbocycles. The molecule has 1 aromatic rings. The van der Waals surface area contributed by atoms with Crippen LogP contribution in [0, 0.1) is 0 Å².